The predicted molar refractivity (Wildman–Crippen MR) is 105 cm³/mol. The standard InChI is InChI=1S/C21H31N3O3/c1-4-11-22-21(27)19(16-9-12-24(13-10-16)18(25)5-2)23-20(26)17-8-6-7-15(3)14-17/h6-8,14,16,19H,4-5,9-13H2,1-3H3,(H,22,27)(H,23,26)/t19-/m0/s1. The highest BCUT2D eigenvalue weighted by molar-refractivity contribution is 5.97. The van der Waals surface area contributed by atoms with E-state index in [2.05, 4.69) is 10.6 Å². The average Bonchev–Trinajstić information content (AvgIpc) is 2.69. The molecule has 1 aromatic rings. The Hall–Kier alpha value is -2.37. The van der Waals surface area contributed by atoms with Crippen LogP contribution >= 0.6 is 0 Å². The van der Waals surface area contributed by atoms with Gasteiger partial charge >= 0.3 is 0 Å². The minimum absolute atomic E-state index is 0.0246. The minimum atomic E-state index is -0.580. The van der Waals surface area contributed by atoms with Crippen molar-refractivity contribution in [3.05, 3.63) is 35.4 Å². The topological polar surface area (TPSA) is 78.5 Å². The van der Waals surface area contributed by atoms with Crippen LogP contribution in [0.4, 0.5) is 0 Å². The van der Waals surface area contributed by atoms with Crippen LogP contribution in [0.3, 0.4) is 0 Å². The summed E-state index contributed by atoms with van der Waals surface area (Å²) in [6.07, 6.45) is 2.76. The second-order valence-electron chi connectivity index (χ2n) is 7.18. The molecule has 0 aliphatic carbocycles. The maximum atomic E-state index is 12.7. The third kappa shape index (κ3) is 5.81. The first kappa shape index (κ1) is 20.9. The number of nitrogens with zero attached hydrogens (tertiary/aromatic N) is 1. The van der Waals surface area contributed by atoms with Crippen molar-refractivity contribution in [2.45, 2.75) is 52.5 Å². The summed E-state index contributed by atoms with van der Waals surface area (Å²) in [7, 11) is 0. The SMILES string of the molecule is CCCNC(=O)[C@@H](NC(=O)c1cccc(C)c1)C1CCN(C(=O)CC)CC1. The van der Waals surface area contributed by atoms with Crippen molar-refractivity contribution in [1.29, 1.82) is 0 Å². The molecule has 0 unspecified atom stereocenters. The number of carbonyl (C=O) groups is 3. The van der Waals surface area contributed by atoms with E-state index in [4.69, 9.17) is 0 Å². The second-order valence-corrected chi connectivity index (χ2v) is 7.18. The molecule has 0 bridgehead atoms. The summed E-state index contributed by atoms with van der Waals surface area (Å²) in [6, 6.07) is 6.77. The number of hydrogen-bond donors (Lipinski definition) is 2. The van der Waals surface area contributed by atoms with Gasteiger partial charge in [0.05, 0.1) is 0 Å². The van der Waals surface area contributed by atoms with Gasteiger partial charge in [-0.15, -0.1) is 0 Å². The lowest BCUT2D eigenvalue weighted by Gasteiger charge is -2.35. The summed E-state index contributed by atoms with van der Waals surface area (Å²) in [4.78, 5) is 39.1. The molecule has 2 N–H and O–H groups in total. The fraction of sp³-hybridized carbons (Fsp3) is 0.571. The molecule has 1 aromatic carbocycles. The van der Waals surface area contributed by atoms with E-state index in [0.717, 1.165) is 12.0 Å². The third-order valence-electron chi connectivity index (χ3n) is 5.06. The summed E-state index contributed by atoms with van der Waals surface area (Å²) < 4.78 is 0. The van der Waals surface area contributed by atoms with E-state index >= 15 is 0 Å². The lowest BCUT2D eigenvalue weighted by Crippen LogP contribution is -2.53. The zero-order valence-electron chi connectivity index (χ0n) is 16.6. The first-order chi connectivity index (χ1) is 13.0. The van der Waals surface area contributed by atoms with Crippen LogP contribution in [-0.4, -0.2) is 48.3 Å². The number of hydrogen-bond acceptors (Lipinski definition) is 3. The zero-order chi connectivity index (χ0) is 19.8. The number of carbonyl (C=O) groups excluding carboxylic acids is 3. The van der Waals surface area contributed by atoms with Gasteiger partial charge in [-0.05, 0) is 44.2 Å². The van der Waals surface area contributed by atoms with Crippen molar-refractivity contribution in [3.8, 4) is 0 Å². The molecule has 0 saturated carbocycles. The van der Waals surface area contributed by atoms with Crippen molar-refractivity contribution in [3.63, 3.8) is 0 Å². The number of rotatable bonds is 7. The molecule has 6 nitrogen and oxygen atoms in total. The van der Waals surface area contributed by atoms with Gasteiger partial charge in [-0.25, -0.2) is 0 Å². The number of piperidine rings is 1. The summed E-state index contributed by atoms with van der Waals surface area (Å²) >= 11 is 0. The van der Waals surface area contributed by atoms with Crippen molar-refractivity contribution in [2.75, 3.05) is 19.6 Å². The van der Waals surface area contributed by atoms with E-state index in [1.54, 1.807) is 6.07 Å². The molecule has 6 heteroatoms. The van der Waals surface area contributed by atoms with E-state index < -0.39 is 6.04 Å². The molecule has 1 aliphatic heterocycles. The Morgan fingerprint density at radius 1 is 1.19 bits per heavy atom. The maximum Gasteiger partial charge on any atom is 0.251 e. The Kier molecular flexibility index (Phi) is 7.82. The summed E-state index contributed by atoms with van der Waals surface area (Å²) in [5, 5.41) is 5.85. The highest BCUT2D eigenvalue weighted by atomic mass is 16.2. The van der Waals surface area contributed by atoms with Crippen molar-refractivity contribution in [1.82, 2.24) is 15.5 Å². The van der Waals surface area contributed by atoms with Crippen LogP contribution in [0.2, 0.25) is 0 Å². The Bertz CT molecular complexity index is 666. The molecule has 3 amide bonds. The van der Waals surface area contributed by atoms with Gasteiger partial charge in [-0.3, -0.25) is 14.4 Å². The number of aryl methyl sites for hydroxylation is 1. The Morgan fingerprint density at radius 3 is 2.48 bits per heavy atom. The van der Waals surface area contributed by atoms with Gasteiger partial charge in [0, 0.05) is 31.6 Å². The van der Waals surface area contributed by atoms with Crippen molar-refractivity contribution < 1.29 is 14.4 Å². The monoisotopic (exact) mass is 373 g/mol. The van der Waals surface area contributed by atoms with Gasteiger partial charge in [-0.2, -0.15) is 0 Å². The summed E-state index contributed by atoms with van der Waals surface area (Å²) in [6.45, 7) is 7.64. The largest absolute Gasteiger partial charge is 0.354 e. The third-order valence-corrected chi connectivity index (χ3v) is 5.06. The maximum absolute atomic E-state index is 12.7. The van der Waals surface area contributed by atoms with Crippen molar-refractivity contribution in [2.24, 2.45) is 5.92 Å². The van der Waals surface area contributed by atoms with Crippen LogP contribution in [-0.2, 0) is 9.59 Å². The lowest BCUT2D eigenvalue weighted by molar-refractivity contribution is -0.132. The molecule has 0 spiro atoms. The summed E-state index contributed by atoms with van der Waals surface area (Å²) in [5.41, 5.74) is 1.56. The lowest BCUT2D eigenvalue weighted by atomic mass is 9.88. The van der Waals surface area contributed by atoms with Crippen molar-refractivity contribution >= 4 is 17.7 Å². The Labute approximate surface area is 161 Å². The molecule has 1 aliphatic rings. The van der Waals surface area contributed by atoms with E-state index in [-0.39, 0.29) is 23.6 Å². The van der Waals surface area contributed by atoms with E-state index in [9.17, 15) is 14.4 Å². The van der Waals surface area contributed by atoms with Crippen LogP contribution in [0.25, 0.3) is 0 Å². The molecule has 1 heterocycles. The van der Waals surface area contributed by atoms with Gasteiger partial charge in [0.15, 0.2) is 0 Å². The fourth-order valence-corrected chi connectivity index (χ4v) is 3.47. The number of likely N-dealkylation sites (tertiary alicyclic amines) is 1. The molecular formula is C21H31N3O3. The summed E-state index contributed by atoms with van der Waals surface area (Å²) in [5.74, 6) is -0.207. The molecule has 2 rings (SSSR count). The average molecular weight is 373 g/mol. The molecule has 27 heavy (non-hydrogen) atoms. The van der Waals surface area contributed by atoms with E-state index in [1.165, 1.54) is 0 Å². The van der Waals surface area contributed by atoms with Crippen LogP contribution in [0.15, 0.2) is 24.3 Å². The smallest absolute Gasteiger partial charge is 0.251 e. The zero-order valence-corrected chi connectivity index (χ0v) is 16.6. The number of amides is 3. The van der Waals surface area contributed by atoms with Crippen LogP contribution in [0.5, 0.6) is 0 Å². The van der Waals surface area contributed by atoms with Crippen LogP contribution in [0.1, 0.15) is 55.5 Å². The normalized spacial score (nSPS) is 15.9. The van der Waals surface area contributed by atoms with Gasteiger partial charge < -0.3 is 15.5 Å². The van der Waals surface area contributed by atoms with E-state index in [0.29, 0.717) is 44.5 Å². The first-order valence-corrected chi connectivity index (χ1v) is 9.89. The fourth-order valence-electron chi connectivity index (χ4n) is 3.47. The molecule has 1 fully saturated rings. The first-order valence-electron chi connectivity index (χ1n) is 9.89. The molecular weight excluding hydrogens is 342 g/mol. The predicted octanol–water partition coefficient (Wildman–Crippen LogP) is 2.27. The van der Waals surface area contributed by atoms with Crippen LogP contribution in [0, 0.1) is 12.8 Å². The molecule has 0 aromatic heterocycles. The number of nitrogens with one attached hydrogen (secondary N) is 2. The van der Waals surface area contributed by atoms with Gasteiger partial charge in [-0.1, -0.05) is 31.5 Å². The Morgan fingerprint density at radius 2 is 1.89 bits per heavy atom. The quantitative estimate of drug-likeness (QED) is 0.770. The second kappa shape index (κ2) is 10.1. The highest BCUT2D eigenvalue weighted by Gasteiger charge is 2.33. The van der Waals surface area contributed by atoms with Gasteiger partial charge in [0.25, 0.3) is 5.91 Å². The highest BCUT2D eigenvalue weighted by Crippen LogP contribution is 2.22. The number of benzene rings is 1. The van der Waals surface area contributed by atoms with Crippen LogP contribution < -0.4 is 10.6 Å². The Balaban J connectivity index is 2.08. The van der Waals surface area contributed by atoms with Gasteiger partial charge in [0.1, 0.15) is 6.04 Å². The molecule has 1 saturated heterocycles. The van der Waals surface area contributed by atoms with E-state index in [1.807, 2.05) is 43.9 Å². The molecule has 1 atom stereocenters. The molecule has 148 valence electrons. The minimum Gasteiger partial charge on any atom is -0.354 e. The molecule has 0 radical (unpaired) electrons. The van der Waals surface area contributed by atoms with Gasteiger partial charge in [0.2, 0.25) is 11.8 Å².